The van der Waals surface area contributed by atoms with Crippen molar-refractivity contribution in [3.8, 4) is 0 Å². The SMILES string of the molecule is CC[C@H]1O[C@@H](N2CCCNC2=O)C(F)(F)[C@@H]1C. The quantitative estimate of drug-likeness (QED) is 0.809. The van der Waals surface area contributed by atoms with Gasteiger partial charge in [0.15, 0.2) is 6.23 Å². The van der Waals surface area contributed by atoms with Gasteiger partial charge >= 0.3 is 6.03 Å². The van der Waals surface area contributed by atoms with E-state index in [2.05, 4.69) is 5.32 Å². The molecule has 2 amide bonds. The highest BCUT2D eigenvalue weighted by atomic mass is 19.3. The Labute approximate surface area is 99.3 Å². The van der Waals surface area contributed by atoms with Gasteiger partial charge in [0.1, 0.15) is 0 Å². The minimum Gasteiger partial charge on any atom is -0.348 e. The normalized spacial score (nSPS) is 37.1. The summed E-state index contributed by atoms with van der Waals surface area (Å²) < 4.78 is 33.5. The zero-order valence-corrected chi connectivity index (χ0v) is 10.1. The van der Waals surface area contributed by atoms with E-state index in [4.69, 9.17) is 4.74 Å². The van der Waals surface area contributed by atoms with Gasteiger partial charge in [0.05, 0.1) is 12.0 Å². The van der Waals surface area contributed by atoms with E-state index in [0.29, 0.717) is 25.9 Å². The van der Waals surface area contributed by atoms with E-state index in [1.165, 1.54) is 6.92 Å². The van der Waals surface area contributed by atoms with Crippen LogP contribution in [0.3, 0.4) is 0 Å². The predicted molar refractivity (Wildman–Crippen MR) is 57.8 cm³/mol. The Balaban J connectivity index is 2.17. The van der Waals surface area contributed by atoms with Gasteiger partial charge in [0.2, 0.25) is 0 Å². The summed E-state index contributed by atoms with van der Waals surface area (Å²) in [6.07, 6.45) is -0.692. The minimum atomic E-state index is -2.98. The van der Waals surface area contributed by atoms with Gasteiger partial charge in [0.25, 0.3) is 5.92 Å². The fourth-order valence-corrected chi connectivity index (χ4v) is 2.45. The molecule has 2 heterocycles. The van der Waals surface area contributed by atoms with Crippen LogP contribution in [-0.4, -0.2) is 42.3 Å². The van der Waals surface area contributed by atoms with Crippen LogP contribution in [0.1, 0.15) is 26.7 Å². The van der Waals surface area contributed by atoms with Crippen LogP contribution in [0.15, 0.2) is 0 Å². The number of hydrogen-bond donors (Lipinski definition) is 1. The molecule has 0 aromatic heterocycles. The lowest BCUT2D eigenvalue weighted by molar-refractivity contribution is -0.144. The number of alkyl halides is 2. The van der Waals surface area contributed by atoms with Gasteiger partial charge in [-0.1, -0.05) is 13.8 Å². The van der Waals surface area contributed by atoms with Crippen molar-refractivity contribution in [2.24, 2.45) is 5.92 Å². The van der Waals surface area contributed by atoms with E-state index in [0.717, 1.165) is 4.90 Å². The number of halogens is 2. The molecular formula is C11H18F2N2O2. The second-order valence-electron chi connectivity index (χ2n) is 4.68. The van der Waals surface area contributed by atoms with Crippen LogP contribution in [0.4, 0.5) is 13.6 Å². The third-order valence-electron chi connectivity index (χ3n) is 3.60. The van der Waals surface area contributed by atoms with Crippen LogP contribution in [0.5, 0.6) is 0 Å². The van der Waals surface area contributed by atoms with Crippen molar-refractivity contribution in [2.45, 2.75) is 44.9 Å². The summed E-state index contributed by atoms with van der Waals surface area (Å²) in [6, 6.07) is -0.454. The summed E-state index contributed by atoms with van der Waals surface area (Å²) in [5, 5.41) is 2.57. The van der Waals surface area contributed by atoms with Gasteiger partial charge in [0, 0.05) is 13.1 Å². The molecule has 0 bridgehead atoms. The van der Waals surface area contributed by atoms with E-state index in [1.807, 2.05) is 6.92 Å². The third kappa shape index (κ3) is 1.99. The average molecular weight is 248 g/mol. The molecule has 2 saturated heterocycles. The summed E-state index contributed by atoms with van der Waals surface area (Å²) >= 11 is 0. The summed E-state index contributed by atoms with van der Waals surface area (Å²) in [5.74, 6) is -3.83. The highest BCUT2D eigenvalue weighted by Crippen LogP contribution is 2.43. The molecule has 0 aromatic rings. The number of carbonyl (C=O) groups excluding carboxylic acids is 1. The number of carbonyl (C=O) groups is 1. The minimum absolute atomic E-state index is 0.329. The number of amides is 2. The first-order valence-corrected chi connectivity index (χ1v) is 6.06. The second kappa shape index (κ2) is 4.40. The first-order valence-electron chi connectivity index (χ1n) is 6.06. The Morgan fingerprint density at radius 3 is 2.82 bits per heavy atom. The van der Waals surface area contributed by atoms with Crippen molar-refractivity contribution >= 4 is 6.03 Å². The number of ether oxygens (including phenoxy) is 1. The lowest BCUT2D eigenvalue weighted by Gasteiger charge is -2.35. The Hall–Kier alpha value is -0.910. The van der Waals surface area contributed by atoms with Gasteiger partial charge in [-0.2, -0.15) is 0 Å². The first-order chi connectivity index (χ1) is 7.98. The molecule has 98 valence electrons. The largest absolute Gasteiger partial charge is 0.348 e. The lowest BCUT2D eigenvalue weighted by Crippen LogP contribution is -2.56. The van der Waals surface area contributed by atoms with Gasteiger partial charge in [-0.15, -0.1) is 0 Å². The van der Waals surface area contributed by atoms with Gasteiger partial charge in [-0.05, 0) is 12.8 Å². The molecule has 0 aliphatic carbocycles. The molecule has 2 aliphatic heterocycles. The number of urea groups is 1. The molecule has 0 unspecified atom stereocenters. The van der Waals surface area contributed by atoms with Crippen molar-refractivity contribution in [2.75, 3.05) is 13.1 Å². The summed E-state index contributed by atoms with van der Waals surface area (Å²) in [4.78, 5) is 12.7. The highest BCUT2D eigenvalue weighted by Gasteiger charge is 2.59. The van der Waals surface area contributed by atoms with E-state index in [9.17, 15) is 13.6 Å². The molecular weight excluding hydrogens is 230 g/mol. The van der Waals surface area contributed by atoms with Crippen LogP contribution in [0, 0.1) is 5.92 Å². The van der Waals surface area contributed by atoms with Crippen LogP contribution < -0.4 is 5.32 Å². The smallest absolute Gasteiger partial charge is 0.319 e. The van der Waals surface area contributed by atoms with Crippen LogP contribution in [0.2, 0.25) is 0 Å². The maximum absolute atomic E-state index is 14.1. The molecule has 6 heteroatoms. The van der Waals surface area contributed by atoms with Crippen LogP contribution >= 0.6 is 0 Å². The molecule has 2 rings (SSSR count). The molecule has 2 fully saturated rings. The fourth-order valence-electron chi connectivity index (χ4n) is 2.45. The molecule has 1 N–H and O–H groups in total. The molecule has 2 aliphatic rings. The van der Waals surface area contributed by atoms with E-state index < -0.39 is 30.2 Å². The molecule has 0 saturated carbocycles. The zero-order valence-electron chi connectivity index (χ0n) is 10.1. The second-order valence-corrected chi connectivity index (χ2v) is 4.68. The van der Waals surface area contributed by atoms with Crippen molar-refractivity contribution in [3.05, 3.63) is 0 Å². The standard InChI is InChI=1S/C11H18F2N2O2/c1-3-8-7(2)11(12,13)9(17-8)15-6-4-5-14-10(15)16/h7-9H,3-6H2,1-2H3,(H,14,16)/t7-,8-,9-/m1/s1. The number of nitrogens with one attached hydrogen (secondary N) is 1. The summed E-state index contributed by atoms with van der Waals surface area (Å²) in [5.41, 5.74) is 0. The highest BCUT2D eigenvalue weighted by molar-refractivity contribution is 5.75. The Bertz CT molecular complexity index is 312. The average Bonchev–Trinajstić information content (AvgIpc) is 2.52. The van der Waals surface area contributed by atoms with Gasteiger partial charge < -0.3 is 10.1 Å². The summed E-state index contributed by atoms with van der Waals surface area (Å²) in [7, 11) is 0. The molecule has 0 aromatic carbocycles. The molecule has 0 spiro atoms. The Morgan fingerprint density at radius 2 is 2.29 bits per heavy atom. The Morgan fingerprint density at radius 1 is 1.59 bits per heavy atom. The van der Waals surface area contributed by atoms with Crippen LogP contribution in [-0.2, 0) is 4.74 Å². The molecule has 4 nitrogen and oxygen atoms in total. The Kier molecular flexibility index (Phi) is 3.25. The van der Waals surface area contributed by atoms with Crippen molar-refractivity contribution in [1.82, 2.24) is 10.2 Å². The first kappa shape index (κ1) is 12.5. The third-order valence-corrected chi connectivity index (χ3v) is 3.60. The van der Waals surface area contributed by atoms with Crippen LogP contribution in [0.25, 0.3) is 0 Å². The topological polar surface area (TPSA) is 41.6 Å². The zero-order chi connectivity index (χ0) is 12.6. The van der Waals surface area contributed by atoms with Crippen molar-refractivity contribution in [3.63, 3.8) is 0 Å². The van der Waals surface area contributed by atoms with E-state index in [1.54, 1.807) is 0 Å². The monoisotopic (exact) mass is 248 g/mol. The number of nitrogens with zero attached hydrogens (tertiary/aromatic N) is 1. The maximum Gasteiger partial charge on any atom is 0.319 e. The summed E-state index contributed by atoms with van der Waals surface area (Å²) in [6.45, 7) is 4.17. The van der Waals surface area contributed by atoms with E-state index in [-0.39, 0.29) is 0 Å². The molecule has 0 radical (unpaired) electrons. The lowest BCUT2D eigenvalue weighted by atomic mass is 9.97. The molecule has 3 atom stereocenters. The van der Waals surface area contributed by atoms with E-state index >= 15 is 0 Å². The van der Waals surface area contributed by atoms with Crippen molar-refractivity contribution in [1.29, 1.82) is 0 Å². The maximum atomic E-state index is 14.1. The number of rotatable bonds is 2. The van der Waals surface area contributed by atoms with Gasteiger partial charge in [-0.3, -0.25) is 4.90 Å². The molecule has 17 heavy (non-hydrogen) atoms. The number of hydrogen-bond acceptors (Lipinski definition) is 2. The predicted octanol–water partition coefficient (Wildman–Crippen LogP) is 1.81. The van der Waals surface area contributed by atoms with Gasteiger partial charge in [-0.25, -0.2) is 13.6 Å². The fraction of sp³-hybridized carbons (Fsp3) is 0.909. The van der Waals surface area contributed by atoms with Crippen molar-refractivity contribution < 1.29 is 18.3 Å².